The van der Waals surface area contributed by atoms with Crippen molar-refractivity contribution >= 4 is 17.3 Å². The van der Waals surface area contributed by atoms with Crippen molar-refractivity contribution < 1.29 is 17.9 Å². The SMILES string of the molecule is COc1ccc(CCNc2cc(Nc3ccccc3C(F)(F)F)ncn2)cc1. The highest BCUT2D eigenvalue weighted by Gasteiger charge is 2.33. The van der Waals surface area contributed by atoms with Gasteiger partial charge in [0.25, 0.3) is 0 Å². The summed E-state index contributed by atoms with van der Waals surface area (Å²) in [6.45, 7) is 0.613. The minimum absolute atomic E-state index is 0.0575. The molecule has 0 saturated heterocycles. The van der Waals surface area contributed by atoms with E-state index in [0.29, 0.717) is 12.4 Å². The molecule has 0 aliphatic rings. The van der Waals surface area contributed by atoms with Gasteiger partial charge in [0.15, 0.2) is 0 Å². The lowest BCUT2D eigenvalue weighted by atomic mass is 10.1. The quantitative estimate of drug-likeness (QED) is 0.603. The third kappa shape index (κ3) is 5.12. The number of alkyl halides is 3. The molecular weight excluding hydrogens is 369 g/mol. The Morgan fingerprint density at radius 3 is 2.39 bits per heavy atom. The minimum Gasteiger partial charge on any atom is -0.497 e. The summed E-state index contributed by atoms with van der Waals surface area (Å²) in [6, 6.07) is 14.6. The number of rotatable bonds is 7. The summed E-state index contributed by atoms with van der Waals surface area (Å²) >= 11 is 0. The summed E-state index contributed by atoms with van der Waals surface area (Å²) in [5.41, 5.74) is 0.320. The van der Waals surface area contributed by atoms with Crippen LogP contribution in [0.4, 0.5) is 30.5 Å². The first-order chi connectivity index (χ1) is 13.5. The third-order valence-electron chi connectivity index (χ3n) is 4.04. The van der Waals surface area contributed by atoms with Gasteiger partial charge in [0, 0.05) is 12.6 Å². The van der Waals surface area contributed by atoms with Crippen LogP contribution in [-0.2, 0) is 12.6 Å². The van der Waals surface area contributed by atoms with Crippen molar-refractivity contribution in [3.8, 4) is 5.75 Å². The van der Waals surface area contributed by atoms with Crippen molar-refractivity contribution in [3.05, 3.63) is 72.1 Å². The van der Waals surface area contributed by atoms with Gasteiger partial charge in [-0.2, -0.15) is 13.2 Å². The number of ether oxygens (including phenoxy) is 1. The summed E-state index contributed by atoms with van der Waals surface area (Å²) in [7, 11) is 1.62. The van der Waals surface area contributed by atoms with Crippen LogP contribution in [0.15, 0.2) is 60.9 Å². The molecule has 0 atom stereocenters. The molecule has 5 nitrogen and oxygen atoms in total. The lowest BCUT2D eigenvalue weighted by molar-refractivity contribution is -0.136. The zero-order valence-electron chi connectivity index (χ0n) is 15.1. The molecule has 0 unspecified atom stereocenters. The molecule has 1 aromatic heterocycles. The predicted molar refractivity (Wildman–Crippen MR) is 102 cm³/mol. The molecule has 0 spiro atoms. The van der Waals surface area contributed by atoms with Crippen LogP contribution in [0.5, 0.6) is 5.75 Å². The maximum Gasteiger partial charge on any atom is 0.418 e. The number of anilines is 3. The zero-order chi connectivity index (χ0) is 20.0. The molecule has 0 aliphatic heterocycles. The van der Waals surface area contributed by atoms with Gasteiger partial charge in [-0.3, -0.25) is 0 Å². The molecular formula is C20H19F3N4O. The van der Waals surface area contributed by atoms with Crippen molar-refractivity contribution in [3.63, 3.8) is 0 Å². The average molecular weight is 388 g/mol. The van der Waals surface area contributed by atoms with Crippen LogP contribution >= 0.6 is 0 Å². The normalized spacial score (nSPS) is 11.1. The van der Waals surface area contributed by atoms with E-state index in [9.17, 15) is 13.2 Å². The fourth-order valence-electron chi connectivity index (χ4n) is 2.63. The largest absolute Gasteiger partial charge is 0.497 e. The molecule has 0 fully saturated rings. The fourth-order valence-corrected chi connectivity index (χ4v) is 2.63. The van der Waals surface area contributed by atoms with E-state index in [4.69, 9.17) is 4.74 Å². The number of benzene rings is 2. The summed E-state index contributed by atoms with van der Waals surface area (Å²) in [6.07, 6.45) is -2.39. The van der Waals surface area contributed by atoms with Gasteiger partial charge >= 0.3 is 6.18 Å². The molecule has 0 radical (unpaired) electrons. The molecule has 0 bridgehead atoms. The van der Waals surface area contributed by atoms with Gasteiger partial charge in [-0.1, -0.05) is 24.3 Å². The molecule has 2 N–H and O–H groups in total. The molecule has 0 aliphatic carbocycles. The van der Waals surface area contributed by atoms with E-state index in [-0.39, 0.29) is 11.5 Å². The minimum atomic E-state index is -4.45. The second-order valence-electron chi connectivity index (χ2n) is 5.98. The van der Waals surface area contributed by atoms with E-state index in [1.54, 1.807) is 13.2 Å². The summed E-state index contributed by atoms with van der Waals surface area (Å²) in [4.78, 5) is 8.11. The highest BCUT2D eigenvalue weighted by Crippen LogP contribution is 2.35. The summed E-state index contributed by atoms with van der Waals surface area (Å²) in [5.74, 6) is 1.59. The lowest BCUT2D eigenvalue weighted by Gasteiger charge is -2.14. The van der Waals surface area contributed by atoms with Crippen LogP contribution in [0.1, 0.15) is 11.1 Å². The number of aromatic nitrogens is 2. The molecule has 0 amide bonds. The van der Waals surface area contributed by atoms with E-state index in [0.717, 1.165) is 23.8 Å². The van der Waals surface area contributed by atoms with Gasteiger partial charge in [-0.15, -0.1) is 0 Å². The lowest BCUT2D eigenvalue weighted by Crippen LogP contribution is -2.10. The van der Waals surface area contributed by atoms with Gasteiger partial charge in [0.2, 0.25) is 0 Å². The van der Waals surface area contributed by atoms with Crippen LogP contribution in [-0.4, -0.2) is 23.6 Å². The van der Waals surface area contributed by atoms with Crippen LogP contribution in [0.3, 0.4) is 0 Å². The number of methoxy groups -OCH3 is 1. The third-order valence-corrected chi connectivity index (χ3v) is 4.04. The smallest absolute Gasteiger partial charge is 0.418 e. The van der Waals surface area contributed by atoms with Gasteiger partial charge in [-0.25, -0.2) is 9.97 Å². The zero-order valence-corrected chi connectivity index (χ0v) is 15.1. The average Bonchev–Trinajstić information content (AvgIpc) is 2.68. The maximum absolute atomic E-state index is 13.1. The Balaban J connectivity index is 1.63. The van der Waals surface area contributed by atoms with E-state index in [1.807, 2.05) is 24.3 Å². The van der Waals surface area contributed by atoms with Crippen molar-refractivity contribution in [2.45, 2.75) is 12.6 Å². The number of para-hydroxylation sites is 1. The molecule has 3 rings (SSSR count). The topological polar surface area (TPSA) is 59.1 Å². The van der Waals surface area contributed by atoms with Crippen molar-refractivity contribution in [1.82, 2.24) is 9.97 Å². The highest BCUT2D eigenvalue weighted by atomic mass is 19.4. The molecule has 0 saturated carbocycles. The first kappa shape index (κ1) is 19.5. The number of nitrogens with one attached hydrogen (secondary N) is 2. The molecule has 28 heavy (non-hydrogen) atoms. The highest BCUT2D eigenvalue weighted by molar-refractivity contribution is 5.63. The Labute approximate surface area is 160 Å². The first-order valence-electron chi connectivity index (χ1n) is 8.58. The van der Waals surface area contributed by atoms with Crippen molar-refractivity contribution in [2.24, 2.45) is 0 Å². The monoisotopic (exact) mass is 388 g/mol. The second kappa shape index (κ2) is 8.60. The molecule has 146 valence electrons. The van der Waals surface area contributed by atoms with Crippen LogP contribution < -0.4 is 15.4 Å². The summed E-state index contributed by atoms with van der Waals surface area (Å²) in [5, 5.41) is 5.86. The molecule has 8 heteroatoms. The van der Waals surface area contributed by atoms with Crippen LogP contribution in [0.25, 0.3) is 0 Å². The number of halogens is 3. The van der Waals surface area contributed by atoms with Crippen LogP contribution in [0.2, 0.25) is 0 Å². The Bertz CT molecular complexity index is 914. The maximum atomic E-state index is 13.1. The number of hydrogen-bond acceptors (Lipinski definition) is 5. The van der Waals surface area contributed by atoms with Gasteiger partial charge in [0.05, 0.1) is 18.4 Å². The van der Waals surface area contributed by atoms with Gasteiger partial charge in [-0.05, 0) is 36.2 Å². The van der Waals surface area contributed by atoms with E-state index >= 15 is 0 Å². The number of hydrogen-bond donors (Lipinski definition) is 2. The van der Waals surface area contributed by atoms with E-state index < -0.39 is 11.7 Å². The molecule has 1 heterocycles. The Morgan fingerprint density at radius 2 is 1.68 bits per heavy atom. The summed E-state index contributed by atoms with van der Waals surface area (Å²) < 4.78 is 44.5. The van der Waals surface area contributed by atoms with Crippen molar-refractivity contribution in [1.29, 1.82) is 0 Å². The fraction of sp³-hybridized carbons (Fsp3) is 0.200. The van der Waals surface area contributed by atoms with E-state index in [1.165, 1.54) is 24.5 Å². The predicted octanol–water partition coefficient (Wildman–Crippen LogP) is 4.90. The van der Waals surface area contributed by atoms with E-state index in [2.05, 4.69) is 20.6 Å². The number of nitrogens with zero attached hydrogens (tertiary/aromatic N) is 2. The Morgan fingerprint density at radius 1 is 0.964 bits per heavy atom. The molecule has 3 aromatic rings. The Kier molecular flexibility index (Phi) is 5.98. The van der Waals surface area contributed by atoms with Crippen LogP contribution in [0, 0.1) is 0 Å². The Hall–Kier alpha value is -3.29. The van der Waals surface area contributed by atoms with Crippen molar-refractivity contribution in [2.75, 3.05) is 24.3 Å². The first-order valence-corrected chi connectivity index (χ1v) is 8.58. The standard InChI is InChI=1S/C20H19F3N4O/c1-28-15-8-6-14(7-9-15)10-11-24-18-12-19(26-13-25-18)27-17-5-3-2-4-16(17)20(21,22)23/h2-9,12-13H,10-11H2,1H3,(H2,24,25,26,27). The van der Waals surface area contributed by atoms with Gasteiger partial charge in [0.1, 0.15) is 23.7 Å². The molecule has 2 aromatic carbocycles. The second-order valence-corrected chi connectivity index (χ2v) is 5.98. The van der Waals surface area contributed by atoms with Gasteiger partial charge < -0.3 is 15.4 Å².